The first-order valence-corrected chi connectivity index (χ1v) is 10.1. The van der Waals surface area contributed by atoms with Crippen molar-refractivity contribution in [1.29, 1.82) is 0 Å². The van der Waals surface area contributed by atoms with E-state index in [0.717, 1.165) is 25.2 Å². The number of rotatable bonds is 8. The molecule has 1 amide bonds. The molecule has 5 heteroatoms. The van der Waals surface area contributed by atoms with E-state index in [1.807, 2.05) is 56.4 Å². The van der Waals surface area contributed by atoms with E-state index in [-0.39, 0.29) is 11.9 Å². The van der Waals surface area contributed by atoms with Crippen LogP contribution in [0.5, 0.6) is 0 Å². The van der Waals surface area contributed by atoms with Gasteiger partial charge in [0.1, 0.15) is 6.17 Å². The van der Waals surface area contributed by atoms with Gasteiger partial charge in [-0.05, 0) is 42.7 Å². The number of nitrogens with one attached hydrogen (secondary N) is 1. The topological polar surface area (TPSA) is 35.6 Å². The van der Waals surface area contributed by atoms with Crippen LogP contribution in [0.2, 0.25) is 0 Å². The molecule has 2 atom stereocenters. The van der Waals surface area contributed by atoms with Crippen molar-refractivity contribution in [3.8, 4) is 0 Å². The van der Waals surface area contributed by atoms with Gasteiger partial charge in [-0.2, -0.15) is 0 Å². The lowest BCUT2D eigenvalue weighted by Crippen LogP contribution is -2.36. The molecule has 0 saturated carbocycles. The van der Waals surface area contributed by atoms with E-state index in [0.29, 0.717) is 25.1 Å². The van der Waals surface area contributed by atoms with E-state index >= 15 is 0 Å². The zero-order chi connectivity index (χ0) is 19.9. The van der Waals surface area contributed by atoms with Gasteiger partial charge < -0.3 is 10.2 Å². The fourth-order valence-corrected chi connectivity index (χ4v) is 3.71. The molecule has 1 aliphatic heterocycles. The first-order valence-electron chi connectivity index (χ1n) is 10.1. The number of likely N-dealkylation sites (N-methyl/N-ethyl adjacent to an activating group) is 1. The number of benzene rings is 2. The van der Waals surface area contributed by atoms with Crippen molar-refractivity contribution >= 4 is 11.6 Å². The van der Waals surface area contributed by atoms with Crippen LogP contribution in [-0.4, -0.2) is 50.2 Å². The van der Waals surface area contributed by atoms with Crippen molar-refractivity contribution in [3.63, 3.8) is 0 Å². The third kappa shape index (κ3) is 5.10. The van der Waals surface area contributed by atoms with Crippen molar-refractivity contribution in [1.82, 2.24) is 10.2 Å². The second-order valence-corrected chi connectivity index (χ2v) is 7.49. The SMILES string of the molecule is CCCNC(=O)c1ccc(N(C)C[C@@H](c2ccccc2)N2CC[C@@H](F)C2)cc1. The molecule has 28 heavy (non-hydrogen) atoms. The molecule has 0 unspecified atom stereocenters. The van der Waals surface area contributed by atoms with E-state index in [1.165, 1.54) is 5.56 Å². The Kier molecular flexibility index (Phi) is 7.04. The molecule has 150 valence electrons. The van der Waals surface area contributed by atoms with Gasteiger partial charge in [-0.3, -0.25) is 9.69 Å². The zero-order valence-electron chi connectivity index (χ0n) is 16.8. The van der Waals surface area contributed by atoms with Crippen molar-refractivity contribution in [2.75, 3.05) is 38.1 Å². The number of hydrogen-bond donors (Lipinski definition) is 1. The van der Waals surface area contributed by atoms with Crippen molar-refractivity contribution in [2.24, 2.45) is 0 Å². The largest absolute Gasteiger partial charge is 0.373 e. The quantitative estimate of drug-likeness (QED) is 0.747. The number of amides is 1. The number of carbonyl (C=O) groups excluding carboxylic acids is 1. The molecule has 1 fully saturated rings. The summed E-state index contributed by atoms with van der Waals surface area (Å²) in [6.07, 6.45) is 0.788. The Labute approximate surface area is 167 Å². The molecular weight excluding hydrogens is 353 g/mol. The number of likely N-dealkylation sites (tertiary alicyclic amines) is 1. The van der Waals surface area contributed by atoms with Gasteiger partial charge in [-0.15, -0.1) is 0 Å². The Hall–Kier alpha value is -2.40. The Morgan fingerprint density at radius 3 is 2.54 bits per heavy atom. The minimum atomic E-state index is -0.738. The number of anilines is 1. The fourth-order valence-electron chi connectivity index (χ4n) is 3.71. The predicted molar refractivity (Wildman–Crippen MR) is 113 cm³/mol. The molecule has 1 heterocycles. The van der Waals surface area contributed by atoms with Gasteiger partial charge in [0, 0.05) is 44.5 Å². The highest BCUT2D eigenvalue weighted by molar-refractivity contribution is 5.94. The lowest BCUT2D eigenvalue weighted by Gasteiger charge is -2.32. The molecule has 1 aliphatic rings. The number of alkyl halides is 1. The molecule has 4 nitrogen and oxygen atoms in total. The maximum absolute atomic E-state index is 13.8. The maximum Gasteiger partial charge on any atom is 0.251 e. The van der Waals surface area contributed by atoms with Crippen LogP contribution in [0.3, 0.4) is 0 Å². The lowest BCUT2D eigenvalue weighted by atomic mass is 10.0. The minimum absolute atomic E-state index is 0.0377. The van der Waals surface area contributed by atoms with E-state index in [2.05, 4.69) is 27.2 Å². The van der Waals surface area contributed by atoms with Gasteiger partial charge >= 0.3 is 0 Å². The molecule has 0 radical (unpaired) electrons. The van der Waals surface area contributed by atoms with Crippen molar-refractivity contribution in [2.45, 2.75) is 32.0 Å². The van der Waals surface area contributed by atoms with E-state index in [4.69, 9.17) is 0 Å². The van der Waals surface area contributed by atoms with Crippen LogP contribution < -0.4 is 10.2 Å². The third-order valence-electron chi connectivity index (χ3n) is 5.34. The smallest absolute Gasteiger partial charge is 0.251 e. The highest BCUT2D eigenvalue weighted by Crippen LogP contribution is 2.28. The summed E-state index contributed by atoms with van der Waals surface area (Å²) in [5.74, 6) is -0.0377. The average molecular weight is 384 g/mol. The number of halogens is 1. The summed E-state index contributed by atoms with van der Waals surface area (Å²) in [4.78, 5) is 16.5. The van der Waals surface area contributed by atoms with Crippen LogP contribution in [0, 0.1) is 0 Å². The molecule has 0 spiro atoms. The third-order valence-corrected chi connectivity index (χ3v) is 5.34. The molecule has 3 rings (SSSR count). The van der Waals surface area contributed by atoms with Crippen LogP contribution in [0.25, 0.3) is 0 Å². The second kappa shape index (κ2) is 9.69. The molecule has 1 saturated heterocycles. The summed E-state index contributed by atoms with van der Waals surface area (Å²) in [7, 11) is 2.05. The van der Waals surface area contributed by atoms with Crippen LogP contribution in [0.1, 0.15) is 41.7 Å². The van der Waals surface area contributed by atoms with Gasteiger partial charge in [0.05, 0.1) is 6.04 Å². The second-order valence-electron chi connectivity index (χ2n) is 7.49. The minimum Gasteiger partial charge on any atom is -0.373 e. The Morgan fingerprint density at radius 1 is 1.21 bits per heavy atom. The van der Waals surface area contributed by atoms with Crippen molar-refractivity contribution in [3.05, 3.63) is 65.7 Å². The standard InChI is InChI=1S/C23H30FN3O/c1-3-14-25-23(28)19-9-11-21(12-10-19)26(2)17-22(18-7-5-4-6-8-18)27-15-13-20(24)16-27/h4-12,20,22H,3,13-17H2,1-2H3,(H,25,28)/t20-,22+/m1/s1. The van der Waals surface area contributed by atoms with Crippen LogP contribution in [-0.2, 0) is 0 Å². The molecule has 0 bridgehead atoms. The Bertz CT molecular complexity index is 750. The van der Waals surface area contributed by atoms with Gasteiger partial charge in [-0.1, -0.05) is 37.3 Å². The molecule has 1 N–H and O–H groups in total. The first kappa shape index (κ1) is 20.3. The fraction of sp³-hybridized carbons (Fsp3) is 0.435. The van der Waals surface area contributed by atoms with Gasteiger partial charge in [-0.25, -0.2) is 4.39 Å². The van der Waals surface area contributed by atoms with Crippen LogP contribution >= 0.6 is 0 Å². The van der Waals surface area contributed by atoms with E-state index < -0.39 is 6.17 Å². The van der Waals surface area contributed by atoms with Crippen LogP contribution in [0.15, 0.2) is 54.6 Å². The molecule has 0 aromatic heterocycles. The summed E-state index contributed by atoms with van der Waals surface area (Å²) in [6.45, 7) is 4.75. The highest BCUT2D eigenvalue weighted by Gasteiger charge is 2.29. The summed E-state index contributed by atoms with van der Waals surface area (Å²) in [5, 5.41) is 2.90. The van der Waals surface area contributed by atoms with Gasteiger partial charge in [0.15, 0.2) is 0 Å². The lowest BCUT2D eigenvalue weighted by molar-refractivity contribution is 0.0953. The van der Waals surface area contributed by atoms with E-state index in [1.54, 1.807) is 0 Å². The van der Waals surface area contributed by atoms with Crippen LogP contribution in [0.4, 0.5) is 10.1 Å². The summed E-state index contributed by atoms with van der Waals surface area (Å²) < 4.78 is 13.8. The van der Waals surface area contributed by atoms with Crippen molar-refractivity contribution < 1.29 is 9.18 Å². The summed E-state index contributed by atoms with van der Waals surface area (Å²) in [5.41, 5.74) is 2.92. The Balaban J connectivity index is 1.71. The summed E-state index contributed by atoms with van der Waals surface area (Å²) in [6, 6.07) is 18.1. The predicted octanol–water partition coefficient (Wildman–Crippen LogP) is 4.05. The number of nitrogens with zero attached hydrogens (tertiary/aromatic N) is 2. The normalized spacial score (nSPS) is 18.0. The molecule has 2 aromatic carbocycles. The monoisotopic (exact) mass is 383 g/mol. The van der Waals surface area contributed by atoms with Gasteiger partial charge in [0.2, 0.25) is 0 Å². The molecule has 0 aliphatic carbocycles. The molecule has 2 aromatic rings. The Morgan fingerprint density at radius 2 is 1.93 bits per heavy atom. The number of carbonyl (C=O) groups is 1. The summed E-state index contributed by atoms with van der Waals surface area (Å²) >= 11 is 0. The average Bonchev–Trinajstić information content (AvgIpc) is 3.16. The first-order chi connectivity index (χ1) is 13.6. The molecular formula is C23H30FN3O. The number of hydrogen-bond acceptors (Lipinski definition) is 3. The van der Waals surface area contributed by atoms with Gasteiger partial charge in [0.25, 0.3) is 5.91 Å². The maximum atomic E-state index is 13.8. The zero-order valence-corrected chi connectivity index (χ0v) is 16.8. The van der Waals surface area contributed by atoms with E-state index in [9.17, 15) is 9.18 Å². The highest BCUT2D eigenvalue weighted by atomic mass is 19.1.